The van der Waals surface area contributed by atoms with E-state index < -0.39 is 0 Å². The molecule has 1 atom stereocenters. The van der Waals surface area contributed by atoms with Crippen molar-refractivity contribution in [2.24, 2.45) is 0 Å². The highest BCUT2D eigenvalue weighted by Gasteiger charge is 2.25. The summed E-state index contributed by atoms with van der Waals surface area (Å²) in [7, 11) is 1.67. The van der Waals surface area contributed by atoms with Crippen LogP contribution in [0.15, 0.2) is 18.2 Å². The first-order valence-corrected chi connectivity index (χ1v) is 6.38. The molecule has 0 aliphatic carbocycles. The molecule has 1 saturated heterocycles. The van der Waals surface area contributed by atoms with Gasteiger partial charge >= 0.3 is 0 Å². The van der Waals surface area contributed by atoms with Crippen LogP contribution in [0.5, 0.6) is 0 Å². The molecule has 1 heterocycles. The third-order valence-electron chi connectivity index (χ3n) is 3.19. The summed E-state index contributed by atoms with van der Waals surface area (Å²) >= 11 is 5.94. The number of hydrogen-bond donors (Lipinski definition) is 1. The molecule has 1 N–H and O–H groups in total. The van der Waals surface area contributed by atoms with E-state index in [4.69, 9.17) is 11.6 Å². The lowest BCUT2D eigenvalue weighted by Crippen LogP contribution is -2.41. The van der Waals surface area contributed by atoms with Gasteiger partial charge in [-0.25, -0.2) is 4.39 Å². The van der Waals surface area contributed by atoms with E-state index in [0.29, 0.717) is 10.6 Å². The number of carbonyl (C=O) groups excluding carboxylic acids is 1. The predicted molar refractivity (Wildman–Crippen MR) is 68.9 cm³/mol. The Morgan fingerprint density at radius 1 is 1.61 bits per heavy atom. The summed E-state index contributed by atoms with van der Waals surface area (Å²) in [5.41, 5.74) is 0.369. The van der Waals surface area contributed by atoms with Gasteiger partial charge in [0.1, 0.15) is 5.82 Å². The highest BCUT2D eigenvalue weighted by atomic mass is 35.5. The fourth-order valence-corrected chi connectivity index (χ4v) is 2.38. The van der Waals surface area contributed by atoms with E-state index in [2.05, 4.69) is 5.32 Å². The van der Waals surface area contributed by atoms with E-state index in [-0.39, 0.29) is 24.3 Å². The first-order valence-electron chi connectivity index (χ1n) is 6.01. The Morgan fingerprint density at radius 3 is 3.00 bits per heavy atom. The van der Waals surface area contributed by atoms with Crippen LogP contribution in [0.1, 0.15) is 18.4 Å². The summed E-state index contributed by atoms with van der Waals surface area (Å²) in [6, 6.07) is 4.40. The summed E-state index contributed by atoms with van der Waals surface area (Å²) < 4.78 is 13.6. The van der Waals surface area contributed by atoms with Gasteiger partial charge in [-0.05, 0) is 31.5 Å². The second kappa shape index (κ2) is 5.67. The largest absolute Gasteiger partial charge is 0.340 e. The van der Waals surface area contributed by atoms with Crippen molar-refractivity contribution in [1.29, 1.82) is 0 Å². The van der Waals surface area contributed by atoms with Crippen LogP contribution in [0.3, 0.4) is 0 Å². The van der Waals surface area contributed by atoms with Crippen molar-refractivity contribution < 1.29 is 9.18 Å². The Hall–Kier alpha value is -1.13. The molecule has 5 heteroatoms. The maximum atomic E-state index is 13.6. The second-order valence-electron chi connectivity index (χ2n) is 4.54. The number of nitrogens with zero attached hydrogens (tertiary/aromatic N) is 1. The molecule has 0 spiro atoms. The number of rotatable bonds is 3. The average molecular weight is 271 g/mol. The Labute approximate surface area is 111 Å². The minimum absolute atomic E-state index is 0.00757. The van der Waals surface area contributed by atoms with Crippen molar-refractivity contribution in [3.63, 3.8) is 0 Å². The maximum Gasteiger partial charge on any atom is 0.239 e. The van der Waals surface area contributed by atoms with E-state index >= 15 is 0 Å². The monoisotopic (exact) mass is 270 g/mol. The van der Waals surface area contributed by atoms with Crippen molar-refractivity contribution in [3.05, 3.63) is 34.6 Å². The Kier molecular flexibility index (Phi) is 4.19. The quantitative estimate of drug-likeness (QED) is 0.913. The molecule has 0 unspecified atom stereocenters. The highest BCUT2D eigenvalue weighted by Crippen LogP contribution is 2.21. The highest BCUT2D eigenvalue weighted by molar-refractivity contribution is 6.31. The van der Waals surface area contributed by atoms with Crippen LogP contribution >= 0.6 is 11.6 Å². The summed E-state index contributed by atoms with van der Waals surface area (Å²) in [6.07, 6.45) is 1.85. The molecule has 0 bridgehead atoms. The Morgan fingerprint density at radius 2 is 2.39 bits per heavy atom. The molecule has 1 amide bonds. The SMILES string of the molecule is CN(Cc1c(F)cccc1Cl)C(=O)[C@@H]1CCCN1. The summed E-state index contributed by atoms with van der Waals surface area (Å²) in [5, 5.41) is 3.49. The van der Waals surface area contributed by atoms with Gasteiger partial charge in [0.25, 0.3) is 0 Å². The van der Waals surface area contributed by atoms with Crippen LogP contribution in [0, 0.1) is 5.82 Å². The first kappa shape index (κ1) is 13.3. The van der Waals surface area contributed by atoms with Crippen LogP contribution in [0.2, 0.25) is 5.02 Å². The summed E-state index contributed by atoms with van der Waals surface area (Å²) in [4.78, 5) is 13.6. The molecule has 3 nitrogen and oxygen atoms in total. The lowest BCUT2D eigenvalue weighted by molar-refractivity contribution is -0.132. The van der Waals surface area contributed by atoms with Gasteiger partial charge in [-0.2, -0.15) is 0 Å². The van der Waals surface area contributed by atoms with Crippen LogP contribution in [-0.4, -0.2) is 30.4 Å². The molecule has 2 rings (SSSR count). The van der Waals surface area contributed by atoms with Crippen LogP contribution in [0.25, 0.3) is 0 Å². The Bertz CT molecular complexity index is 426. The van der Waals surface area contributed by atoms with E-state index in [1.54, 1.807) is 19.2 Å². The minimum atomic E-state index is -0.374. The zero-order valence-corrected chi connectivity index (χ0v) is 11.0. The van der Waals surface area contributed by atoms with Crippen LogP contribution in [-0.2, 0) is 11.3 Å². The van der Waals surface area contributed by atoms with Gasteiger partial charge in [0.05, 0.1) is 6.04 Å². The third-order valence-corrected chi connectivity index (χ3v) is 3.55. The van der Waals surface area contributed by atoms with Crippen molar-refractivity contribution >= 4 is 17.5 Å². The summed E-state index contributed by atoms with van der Waals surface area (Å²) in [6.45, 7) is 1.06. The van der Waals surface area contributed by atoms with E-state index in [1.807, 2.05) is 0 Å². The number of benzene rings is 1. The molecule has 0 aromatic heterocycles. The molecule has 0 saturated carbocycles. The second-order valence-corrected chi connectivity index (χ2v) is 4.95. The summed E-state index contributed by atoms with van der Waals surface area (Å²) in [5.74, 6) is -0.381. The molecular weight excluding hydrogens is 255 g/mol. The molecule has 1 aliphatic rings. The Balaban J connectivity index is 2.06. The number of hydrogen-bond acceptors (Lipinski definition) is 2. The standard InChI is InChI=1S/C13H16ClFN2O/c1-17(13(18)12-6-3-7-16-12)8-9-10(14)4-2-5-11(9)15/h2,4-5,12,16H,3,6-8H2,1H3/t12-/m0/s1. The molecule has 1 fully saturated rings. The van der Waals surface area contributed by atoms with Gasteiger partial charge < -0.3 is 10.2 Å². The van der Waals surface area contributed by atoms with Crippen LogP contribution < -0.4 is 5.32 Å². The zero-order chi connectivity index (χ0) is 13.1. The van der Waals surface area contributed by atoms with Crippen molar-refractivity contribution in [1.82, 2.24) is 10.2 Å². The van der Waals surface area contributed by atoms with Gasteiger partial charge in [-0.1, -0.05) is 17.7 Å². The van der Waals surface area contributed by atoms with Crippen molar-refractivity contribution in [2.75, 3.05) is 13.6 Å². The number of nitrogens with one attached hydrogen (secondary N) is 1. The molecule has 1 aromatic carbocycles. The number of carbonyl (C=O) groups is 1. The lowest BCUT2D eigenvalue weighted by Gasteiger charge is -2.22. The van der Waals surface area contributed by atoms with Gasteiger partial charge in [0.15, 0.2) is 0 Å². The topological polar surface area (TPSA) is 32.3 Å². The van der Waals surface area contributed by atoms with Gasteiger partial charge in [-0.3, -0.25) is 4.79 Å². The molecule has 1 aliphatic heterocycles. The first-order chi connectivity index (χ1) is 8.59. The fraction of sp³-hybridized carbons (Fsp3) is 0.462. The number of amides is 1. The molecule has 0 radical (unpaired) electrons. The fourth-order valence-electron chi connectivity index (χ4n) is 2.16. The molecule has 18 heavy (non-hydrogen) atoms. The van der Waals surface area contributed by atoms with Crippen molar-refractivity contribution in [3.8, 4) is 0 Å². The predicted octanol–water partition coefficient (Wildman–Crippen LogP) is 2.19. The maximum absolute atomic E-state index is 13.6. The molecule has 98 valence electrons. The van der Waals surface area contributed by atoms with Gasteiger partial charge in [-0.15, -0.1) is 0 Å². The van der Waals surface area contributed by atoms with E-state index in [1.165, 1.54) is 11.0 Å². The van der Waals surface area contributed by atoms with Gasteiger partial charge in [0.2, 0.25) is 5.91 Å². The smallest absolute Gasteiger partial charge is 0.239 e. The van der Waals surface area contributed by atoms with E-state index in [9.17, 15) is 9.18 Å². The molecule has 1 aromatic rings. The molecular formula is C13H16ClFN2O. The van der Waals surface area contributed by atoms with Crippen LogP contribution in [0.4, 0.5) is 4.39 Å². The normalized spacial score (nSPS) is 18.9. The average Bonchev–Trinajstić information content (AvgIpc) is 2.86. The number of likely N-dealkylation sites (N-methyl/N-ethyl adjacent to an activating group) is 1. The zero-order valence-electron chi connectivity index (χ0n) is 10.2. The van der Waals surface area contributed by atoms with Crippen molar-refractivity contribution in [2.45, 2.75) is 25.4 Å². The minimum Gasteiger partial charge on any atom is -0.340 e. The van der Waals surface area contributed by atoms with E-state index in [0.717, 1.165) is 19.4 Å². The third kappa shape index (κ3) is 2.82. The van der Waals surface area contributed by atoms with Gasteiger partial charge in [0, 0.05) is 24.2 Å². The number of halogens is 2. The lowest BCUT2D eigenvalue weighted by atomic mass is 10.1.